The Balaban J connectivity index is 3.20. The summed E-state index contributed by atoms with van der Waals surface area (Å²) in [5.41, 5.74) is 5.59. The second-order valence-corrected chi connectivity index (χ2v) is 3.87. The summed E-state index contributed by atoms with van der Waals surface area (Å²) >= 11 is 8.84. The molecule has 72 valence electrons. The molecule has 0 heterocycles. The molecule has 4 N–H and O–H groups in total. The lowest BCUT2D eigenvalue weighted by molar-refractivity contribution is 0.182. The van der Waals surface area contributed by atoms with Gasteiger partial charge in [-0.2, -0.15) is 0 Å². The molecule has 0 saturated heterocycles. The molecule has 0 aliphatic carbocycles. The number of halogens is 2. The van der Waals surface area contributed by atoms with Crippen molar-refractivity contribution in [3.05, 3.63) is 27.2 Å². The van der Waals surface area contributed by atoms with Crippen LogP contribution in [0.15, 0.2) is 16.6 Å². The molecule has 0 bridgehead atoms. The van der Waals surface area contributed by atoms with Gasteiger partial charge in [-0.15, -0.1) is 0 Å². The van der Waals surface area contributed by atoms with E-state index < -0.39 is 6.10 Å². The summed E-state index contributed by atoms with van der Waals surface area (Å²) in [4.78, 5) is 0. The largest absolute Gasteiger partial charge is 0.506 e. The zero-order valence-corrected chi connectivity index (χ0v) is 9.01. The maximum Gasteiger partial charge on any atom is 0.135 e. The maximum atomic E-state index is 9.50. The van der Waals surface area contributed by atoms with Crippen LogP contribution in [0.4, 0.5) is 0 Å². The third kappa shape index (κ3) is 2.34. The smallest absolute Gasteiger partial charge is 0.135 e. The van der Waals surface area contributed by atoms with Crippen LogP contribution in [0.2, 0.25) is 5.02 Å². The van der Waals surface area contributed by atoms with Gasteiger partial charge in [0.1, 0.15) is 5.75 Å². The van der Waals surface area contributed by atoms with Gasteiger partial charge in [0.2, 0.25) is 0 Å². The standard InChI is InChI=1S/C8H9BrClNO2/c9-6-2-4(10)1-5(8(6)13)7(12)3-11/h1-2,7,12-13H,3,11H2. The minimum atomic E-state index is -0.894. The van der Waals surface area contributed by atoms with Crippen molar-refractivity contribution in [1.82, 2.24) is 0 Å². The molecule has 13 heavy (non-hydrogen) atoms. The highest BCUT2D eigenvalue weighted by atomic mass is 79.9. The van der Waals surface area contributed by atoms with Gasteiger partial charge in [-0.3, -0.25) is 0 Å². The first kappa shape index (κ1) is 10.8. The van der Waals surface area contributed by atoms with Gasteiger partial charge in [-0.1, -0.05) is 11.6 Å². The lowest BCUT2D eigenvalue weighted by Crippen LogP contribution is -2.11. The van der Waals surface area contributed by atoms with Crippen molar-refractivity contribution < 1.29 is 10.2 Å². The van der Waals surface area contributed by atoms with Crippen LogP contribution in [-0.4, -0.2) is 16.8 Å². The van der Waals surface area contributed by atoms with Gasteiger partial charge >= 0.3 is 0 Å². The first-order valence-corrected chi connectivity index (χ1v) is 4.79. The zero-order valence-electron chi connectivity index (χ0n) is 6.67. The number of phenolic OH excluding ortho intramolecular Hbond substituents is 1. The van der Waals surface area contributed by atoms with Crippen molar-refractivity contribution in [2.24, 2.45) is 5.73 Å². The zero-order chi connectivity index (χ0) is 10.0. The summed E-state index contributed by atoms with van der Waals surface area (Å²) < 4.78 is 0.447. The van der Waals surface area contributed by atoms with Crippen molar-refractivity contribution >= 4 is 27.5 Å². The number of phenols is 1. The number of aliphatic hydroxyl groups excluding tert-OH is 1. The van der Waals surface area contributed by atoms with Crippen LogP contribution in [0.5, 0.6) is 5.75 Å². The molecule has 1 atom stereocenters. The van der Waals surface area contributed by atoms with Crippen LogP contribution >= 0.6 is 27.5 Å². The van der Waals surface area contributed by atoms with Crippen molar-refractivity contribution in [1.29, 1.82) is 0 Å². The Bertz CT molecular complexity index is 319. The highest BCUT2D eigenvalue weighted by Crippen LogP contribution is 2.34. The normalized spacial score (nSPS) is 12.9. The molecule has 0 saturated carbocycles. The molecular formula is C8H9BrClNO2. The number of aromatic hydroxyl groups is 1. The molecule has 1 aromatic carbocycles. The molecule has 0 aromatic heterocycles. The van der Waals surface area contributed by atoms with Crippen LogP contribution in [0, 0.1) is 0 Å². The predicted molar refractivity (Wildman–Crippen MR) is 54.8 cm³/mol. The summed E-state index contributed by atoms with van der Waals surface area (Å²) in [5, 5.41) is 19.3. The lowest BCUT2D eigenvalue weighted by atomic mass is 10.1. The summed E-state index contributed by atoms with van der Waals surface area (Å²) in [6, 6.07) is 3.03. The van der Waals surface area contributed by atoms with Gasteiger partial charge in [0, 0.05) is 17.1 Å². The molecular weight excluding hydrogens is 257 g/mol. The van der Waals surface area contributed by atoms with Crippen molar-refractivity contribution in [3.63, 3.8) is 0 Å². The third-order valence-corrected chi connectivity index (χ3v) is 2.46. The van der Waals surface area contributed by atoms with Gasteiger partial charge < -0.3 is 15.9 Å². The van der Waals surface area contributed by atoms with Crippen LogP contribution in [0.25, 0.3) is 0 Å². The molecule has 3 nitrogen and oxygen atoms in total. The molecule has 0 aliphatic rings. The van der Waals surface area contributed by atoms with E-state index in [2.05, 4.69) is 15.9 Å². The Kier molecular flexibility index (Phi) is 3.55. The lowest BCUT2D eigenvalue weighted by Gasteiger charge is -2.11. The average molecular weight is 267 g/mol. The Morgan fingerprint density at radius 1 is 1.54 bits per heavy atom. The fourth-order valence-corrected chi connectivity index (χ4v) is 1.80. The molecule has 0 amide bonds. The van der Waals surface area contributed by atoms with E-state index in [0.717, 1.165) is 0 Å². The van der Waals surface area contributed by atoms with Crippen LogP contribution in [-0.2, 0) is 0 Å². The quantitative estimate of drug-likeness (QED) is 0.765. The fourth-order valence-electron chi connectivity index (χ4n) is 0.967. The van der Waals surface area contributed by atoms with E-state index in [-0.39, 0.29) is 12.3 Å². The highest BCUT2D eigenvalue weighted by molar-refractivity contribution is 9.10. The molecule has 1 aromatic rings. The summed E-state index contributed by atoms with van der Waals surface area (Å²) in [5.74, 6) is -0.0256. The molecule has 0 radical (unpaired) electrons. The monoisotopic (exact) mass is 265 g/mol. The van der Waals surface area contributed by atoms with E-state index in [1.165, 1.54) is 6.07 Å². The van der Waals surface area contributed by atoms with E-state index in [4.69, 9.17) is 17.3 Å². The average Bonchev–Trinajstić information content (AvgIpc) is 2.10. The Labute approximate surface area is 89.3 Å². The minimum Gasteiger partial charge on any atom is -0.506 e. The first-order valence-electron chi connectivity index (χ1n) is 3.62. The summed E-state index contributed by atoms with van der Waals surface area (Å²) in [6.45, 7) is 0.0420. The van der Waals surface area contributed by atoms with E-state index in [1.54, 1.807) is 6.07 Å². The Morgan fingerprint density at radius 2 is 2.15 bits per heavy atom. The number of hydrogen-bond acceptors (Lipinski definition) is 3. The number of rotatable bonds is 2. The van der Waals surface area contributed by atoms with Gasteiger partial charge in [0.05, 0.1) is 10.6 Å². The molecule has 1 unspecified atom stereocenters. The van der Waals surface area contributed by atoms with Crippen LogP contribution < -0.4 is 5.73 Å². The summed E-state index contributed by atoms with van der Waals surface area (Å²) in [7, 11) is 0. The van der Waals surface area contributed by atoms with E-state index >= 15 is 0 Å². The first-order chi connectivity index (χ1) is 6.06. The van der Waals surface area contributed by atoms with Gasteiger partial charge in [0.25, 0.3) is 0 Å². The van der Waals surface area contributed by atoms with Crippen LogP contribution in [0.3, 0.4) is 0 Å². The molecule has 5 heteroatoms. The number of aliphatic hydroxyl groups is 1. The second-order valence-electron chi connectivity index (χ2n) is 2.58. The Morgan fingerprint density at radius 3 is 2.69 bits per heavy atom. The fraction of sp³-hybridized carbons (Fsp3) is 0.250. The predicted octanol–water partition coefficient (Wildman–Crippen LogP) is 1.80. The second kappa shape index (κ2) is 4.28. The molecule has 1 rings (SSSR count). The molecule has 0 spiro atoms. The third-order valence-electron chi connectivity index (χ3n) is 1.64. The topological polar surface area (TPSA) is 66.5 Å². The van der Waals surface area contributed by atoms with Gasteiger partial charge in [-0.05, 0) is 28.1 Å². The van der Waals surface area contributed by atoms with E-state index in [0.29, 0.717) is 15.1 Å². The van der Waals surface area contributed by atoms with Gasteiger partial charge in [-0.25, -0.2) is 0 Å². The van der Waals surface area contributed by atoms with Crippen molar-refractivity contribution in [3.8, 4) is 5.75 Å². The highest BCUT2D eigenvalue weighted by Gasteiger charge is 2.13. The number of nitrogens with two attached hydrogens (primary N) is 1. The van der Waals surface area contributed by atoms with Crippen molar-refractivity contribution in [2.45, 2.75) is 6.10 Å². The van der Waals surface area contributed by atoms with E-state index in [9.17, 15) is 10.2 Å². The van der Waals surface area contributed by atoms with Crippen molar-refractivity contribution in [2.75, 3.05) is 6.54 Å². The number of hydrogen-bond donors (Lipinski definition) is 3. The summed E-state index contributed by atoms with van der Waals surface area (Å²) in [6.07, 6.45) is -0.894. The van der Waals surface area contributed by atoms with Crippen LogP contribution in [0.1, 0.15) is 11.7 Å². The Hall–Kier alpha value is -0.290. The maximum absolute atomic E-state index is 9.50. The van der Waals surface area contributed by atoms with Gasteiger partial charge in [0.15, 0.2) is 0 Å². The molecule has 0 aliphatic heterocycles. The molecule has 0 fully saturated rings. The number of benzene rings is 1. The van der Waals surface area contributed by atoms with E-state index in [1.807, 2.05) is 0 Å². The SMILES string of the molecule is NCC(O)c1cc(Cl)cc(Br)c1O. The minimum absolute atomic E-state index is 0.0256.